The van der Waals surface area contributed by atoms with Gasteiger partial charge in [0.05, 0.1) is 5.75 Å². The normalized spacial score (nSPS) is 9.77. The number of carbonyl (C=O) groups is 1. The largest absolute Gasteiger partial charge is 0.325 e. The van der Waals surface area contributed by atoms with E-state index in [-0.39, 0.29) is 17.5 Å². The lowest BCUT2D eigenvalue weighted by Crippen LogP contribution is -2.13. The molecule has 1 aromatic rings. The summed E-state index contributed by atoms with van der Waals surface area (Å²) in [4.78, 5) is 10.9. The second kappa shape index (κ2) is 4.28. The molecule has 0 saturated carbocycles. The number of rotatable bonds is 2. The highest BCUT2D eigenvalue weighted by molar-refractivity contribution is 7.81. The number of hydrogen-bond acceptors (Lipinski definition) is 2. The van der Waals surface area contributed by atoms with E-state index in [1.807, 2.05) is 0 Å². The molecule has 4 heteroatoms. The molecule has 0 aromatic heterocycles. The number of amides is 1. The molecule has 1 N–H and O–H groups in total. The van der Waals surface area contributed by atoms with Gasteiger partial charge >= 0.3 is 0 Å². The monoisotopic (exact) mass is 199 g/mol. The van der Waals surface area contributed by atoms with Gasteiger partial charge in [-0.15, -0.1) is 0 Å². The maximum Gasteiger partial charge on any atom is 0.234 e. The van der Waals surface area contributed by atoms with E-state index in [9.17, 15) is 9.18 Å². The SMILES string of the molecule is Cc1ccc(F)cc1NC(=O)CS. The minimum Gasteiger partial charge on any atom is -0.325 e. The predicted octanol–water partition coefficient (Wildman–Crippen LogP) is 2.00. The highest BCUT2D eigenvalue weighted by Crippen LogP contribution is 2.15. The molecule has 0 saturated heterocycles. The van der Waals surface area contributed by atoms with Crippen LogP contribution in [0.5, 0.6) is 0 Å². The zero-order valence-electron chi connectivity index (χ0n) is 7.17. The standard InChI is InChI=1S/C9H10FNOS/c1-6-2-3-7(10)4-8(6)11-9(12)5-13/h2-4,13H,5H2,1H3,(H,11,12). The van der Waals surface area contributed by atoms with Crippen molar-refractivity contribution in [3.63, 3.8) is 0 Å². The highest BCUT2D eigenvalue weighted by Gasteiger charge is 2.03. The number of benzene rings is 1. The van der Waals surface area contributed by atoms with Crippen LogP contribution in [0.4, 0.5) is 10.1 Å². The molecule has 0 spiro atoms. The summed E-state index contributed by atoms with van der Waals surface area (Å²) in [5, 5.41) is 2.55. The summed E-state index contributed by atoms with van der Waals surface area (Å²) >= 11 is 3.80. The third-order valence-electron chi connectivity index (χ3n) is 1.62. The molecular weight excluding hydrogens is 189 g/mol. The van der Waals surface area contributed by atoms with Gasteiger partial charge in [-0.25, -0.2) is 4.39 Å². The minimum atomic E-state index is -0.361. The van der Waals surface area contributed by atoms with E-state index in [2.05, 4.69) is 17.9 Å². The quantitative estimate of drug-likeness (QED) is 0.701. The van der Waals surface area contributed by atoms with Crippen LogP contribution in [-0.2, 0) is 4.79 Å². The molecule has 1 rings (SSSR count). The molecule has 0 unspecified atom stereocenters. The molecular formula is C9H10FNOS. The van der Waals surface area contributed by atoms with Gasteiger partial charge in [0, 0.05) is 5.69 Å². The molecule has 0 radical (unpaired) electrons. The molecule has 1 amide bonds. The van der Waals surface area contributed by atoms with Crippen molar-refractivity contribution in [3.05, 3.63) is 29.6 Å². The van der Waals surface area contributed by atoms with Gasteiger partial charge in [-0.05, 0) is 24.6 Å². The Morgan fingerprint density at radius 1 is 1.62 bits per heavy atom. The van der Waals surface area contributed by atoms with E-state index in [1.54, 1.807) is 13.0 Å². The zero-order chi connectivity index (χ0) is 9.84. The van der Waals surface area contributed by atoms with Gasteiger partial charge in [0.15, 0.2) is 0 Å². The van der Waals surface area contributed by atoms with Gasteiger partial charge in [0.2, 0.25) is 5.91 Å². The smallest absolute Gasteiger partial charge is 0.234 e. The van der Waals surface area contributed by atoms with Crippen molar-refractivity contribution in [1.29, 1.82) is 0 Å². The summed E-state index contributed by atoms with van der Waals surface area (Å²) in [7, 11) is 0. The molecule has 0 aliphatic heterocycles. The first-order valence-electron chi connectivity index (χ1n) is 3.80. The van der Waals surface area contributed by atoms with Crippen molar-refractivity contribution in [1.82, 2.24) is 0 Å². The average molecular weight is 199 g/mol. The summed E-state index contributed by atoms with van der Waals surface area (Å²) in [5.74, 6) is -0.507. The Morgan fingerprint density at radius 3 is 2.92 bits per heavy atom. The van der Waals surface area contributed by atoms with Crippen LogP contribution < -0.4 is 5.32 Å². The van der Waals surface area contributed by atoms with Gasteiger partial charge in [-0.1, -0.05) is 6.07 Å². The van der Waals surface area contributed by atoms with Crippen molar-refractivity contribution < 1.29 is 9.18 Å². The van der Waals surface area contributed by atoms with Gasteiger partial charge < -0.3 is 5.32 Å². The Hall–Kier alpha value is -1.03. The van der Waals surface area contributed by atoms with Crippen molar-refractivity contribution in [3.8, 4) is 0 Å². The first-order valence-corrected chi connectivity index (χ1v) is 4.43. The molecule has 0 fully saturated rings. The van der Waals surface area contributed by atoms with E-state index in [0.717, 1.165) is 5.56 Å². The first-order chi connectivity index (χ1) is 6.13. The van der Waals surface area contributed by atoms with E-state index >= 15 is 0 Å². The molecule has 0 heterocycles. The second-order valence-corrected chi connectivity index (χ2v) is 2.98. The van der Waals surface area contributed by atoms with Crippen LogP contribution in [-0.4, -0.2) is 11.7 Å². The highest BCUT2D eigenvalue weighted by atomic mass is 32.1. The maximum atomic E-state index is 12.7. The lowest BCUT2D eigenvalue weighted by atomic mass is 10.2. The van der Waals surface area contributed by atoms with Crippen LogP contribution >= 0.6 is 12.6 Å². The molecule has 1 aromatic carbocycles. The summed E-state index contributed by atoms with van der Waals surface area (Å²) in [6, 6.07) is 4.26. The third kappa shape index (κ3) is 2.73. The van der Waals surface area contributed by atoms with Gasteiger partial charge in [0.1, 0.15) is 5.82 Å². The van der Waals surface area contributed by atoms with E-state index in [4.69, 9.17) is 0 Å². The Kier molecular flexibility index (Phi) is 3.31. The van der Waals surface area contributed by atoms with Gasteiger partial charge in [-0.2, -0.15) is 12.6 Å². The van der Waals surface area contributed by atoms with Crippen molar-refractivity contribution >= 4 is 24.2 Å². The fourth-order valence-electron chi connectivity index (χ4n) is 0.919. The lowest BCUT2D eigenvalue weighted by molar-refractivity contribution is -0.113. The maximum absolute atomic E-state index is 12.7. The first kappa shape index (κ1) is 10.1. The molecule has 0 atom stereocenters. The number of carbonyl (C=O) groups excluding carboxylic acids is 1. The molecule has 13 heavy (non-hydrogen) atoms. The zero-order valence-corrected chi connectivity index (χ0v) is 8.07. The minimum absolute atomic E-state index is 0.0932. The van der Waals surface area contributed by atoms with Crippen LogP contribution in [0.1, 0.15) is 5.56 Å². The van der Waals surface area contributed by atoms with Crippen molar-refractivity contribution in [2.75, 3.05) is 11.1 Å². The van der Waals surface area contributed by atoms with Gasteiger partial charge in [0.25, 0.3) is 0 Å². The predicted molar refractivity (Wildman–Crippen MR) is 53.6 cm³/mol. The fourth-order valence-corrected chi connectivity index (χ4v) is 0.998. The lowest BCUT2D eigenvalue weighted by Gasteiger charge is -2.06. The summed E-state index contributed by atoms with van der Waals surface area (Å²) < 4.78 is 12.7. The van der Waals surface area contributed by atoms with Gasteiger partial charge in [-0.3, -0.25) is 4.79 Å². The van der Waals surface area contributed by atoms with E-state index in [1.165, 1.54) is 12.1 Å². The second-order valence-electron chi connectivity index (χ2n) is 2.67. The number of nitrogens with one attached hydrogen (secondary N) is 1. The summed E-state index contributed by atoms with van der Waals surface area (Å²) in [6.07, 6.45) is 0. The number of anilines is 1. The topological polar surface area (TPSA) is 29.1 Å². The van der Waals surface area contributed by atoms with Crippen LogP contribution in [0.2, 0.25) is 0 Å². The molecule has 2 nitrogen and oxygen atoms in total. The Bertz CT molecular complexity index is 327. The Morgan fingerprint density at radius 2 is 2.31 bits per heavy atom. The van der Waals surface area contributed by atoms with Crippen LogP contribution in [0.15, 0.2) is 18.2 Å². The summed E-state index contributed by atoms with van der Waals surface area (Å²) in [6.45, 7) is 1.80. The molecule has 70 valence electrons. The fraction of sp³-hybridized carbons (Fsp3) is 0.222. The van der Waals surface area contributed by atoms with E-state index in [0.29, 0.717) is 5.69 Å². The molecule has 0 aliphatic rings. The van der Waals surface area contributed by atoms with Crippen molar-refractivity contribution in [2.45, 2.75) is 6.92 Å². The van der Waals surface area contributed by atoms with Crippen LogP contribution in [0, 0.1) is 12.7 Å². The Balaban J connectivity index is 2.87. The number of thiol groups is 1. The van der Waals surface area contributed by atoms with Crippen LogP contribution in [0.3, 0.4) is 0 Å². The molecule has 0 aliphatic carbocycles. The number of halogens is 1. The van der Waals surface area contributed by atoms with Crippen LogP contribution in [0.25, 0.3) is 0 Å². The summed E-state index contributed by atoms with van der Waals surface area (Å²) in [5.41, 5.74) is 1.33. The van der Waals surface area contributed by atoms with Crippen molar-refractivity contribution in [2.24, 2.45) is 0 Å². The number of aryl methyl sites for hydroxylation is 1. The third-order valence-corrected chi connectivity index (χ3v) is 1.90. The van der Waals surface area contributed by atoms with E-state index < -0.39 is 0 Å². The average Bonchev–Trinajstić information content (AvgIpc) is 2.11. The number of hydrogen-bond donors (Lipinski definition) is 2. The Labute approximate surface area is 81.6 Å². The molecule has 0 bridgehead atoms.